The van der Waals surface area contributed by atoms with Gasteiger partial charge in [-0.1, -0.05) is 42.5 Å². The van der Waals surface area contributed by atoms with Gasteiger partial charge < -0.3 is 20.3 Å². The Balaban J connectivity index is 1.55. The van der Waals surface area contributed by atoms with Gasteiger partial charge in [0.15, 0.2) is 5.69 Å². The topological polar surface area (TPSA) is 125 Å². The van der Waals surface area contributed by atoms with E-state index in [0.717, 1.165) is 11.1 Å². The van der Waals surface area contributed by atoms with Gasteiger partial charge in [-0.15, -0.1) is 10.2 Å². The quantitative estimate of drug-likeness (QED) is 0.285. The highest BCUT2D eigenvalue weighted by Gasteiger charge is 2.20. The number of anilines is 2. The number of aromatic hydroxyl groups is 1. The molecule has 0 unspecified atom stereocenters. The summed E-state index contributed by atoms with van der Waals surface area (Å²) in [6, 6.07) is 21.2. The molecule has 3 N–H and O–H groups in total. The number of nitrogens with one attached hydrogen (secondary N) is 2. The number of nitrogens with zero attached hydrogens (tertiary/aromatic N) is 3. The van der Waals surface area contributed by atoms with Crippen molar-refractivity contribution in [2.24, 2.45) is 10.2 Å². The van der Waals surface area contributed by atoms with Crippen LogP contribution in [0.2, 0.25) is 0 Å². The van der Waals surface area contributed by atoms with Gasteiger partial charge in [-0.3, -0.25) is 14.4 Å². The third kappa shape index (κ3) is 5.41. The first-order valence-electron chi connectivity index (χ1n) is 10.8. The fraction of sp³-hybridized carbons (Fsp3) is 0.115. The van der Waals surface area contributed by atoms with Crippen LogP contribution in [0.5, 0.6) is 5.88 Å². The number of hydrogen-bond donors (Lipinski definition) is 3. The molecule has 1 aromatic heterocycles. The average Bonchev–Trinajstić information content (AvgIpc) is 3.08. The van der Waals surface area contributed by atoms with E-state index in [9.17, 15) is 19.5 Å². The molecular weight excluding hydrogens is 446 g/mol. The zero-order valence-corrected chi connectivity index (χ0v) is 19.1. The monoisotopic (exact) mass is 469 g/mol. The summed E-state index contributed by atoms with van der Waals surface area (Å²) in [5.41, 5.74) is 3.52. The van der Waals surface area contributed by atoms with Gasteiger partial charge in [0.25, 0.3) is 0 Å². The first kappa shape index (κ1) is 23.4. The number of rotatable bonds is 5. The van der Waals surface area contributed by atoms with Crippen molar-refractivity contribution in [1.82, 2.24) is 4.57 Å². The number of amides is 3. The number of carbonyl (C=O) groups excluding carboxylic acids is 3. The minimum Gasteiger partial charge on any atom is -0.493 e. The molecule has 0 aliphatic carbocycles. The van der Waals surface area contributed by atoms with Gasteiger partial charge in [0.05, 0.1) is 5.52 Å². The van der Waals surface area contributed by atoms with E-state index in [-0.39, 0.29) is 24.0 Å². The van der Waals surface area contributed by atoms with E-state index in [2.05, 4.69) is 20.9 Å². The maximum atomic E-state index is 12.6. The molecule has 3 amide bonds. The van der Waals surface area contributed by atoms with Gasteiger partial charge in [0, 0.05) is 16.8 Å². The Morgan fingerprint density at radius 1 is 0.857 bits per heavy atom. The zero-order valence-electron chi connectivity index (χ0n) is 19.1. The fourth-order valence-corrected chi connectivity index (χ4v) is 3.65. The summed E-state index contributed by atoms with van der Waals surface area (Å²) in [5, 5.41) is 23.9. The first-order chi connectivity index (χ1) is 16.8. The molecule has 0 atom stereocenters. The minimum atomic E-state index is -1.13. The van der Waals surface area contributed by atoms with Gasteiger partial charge in [0.1, 0.15) is 6.54 Å². The molecule has 0 fully saturated rings. The Labute approximate surface area is 201 Å². The Bertz CT molecular complexity index is 1470. The number of carbonyl (C=O) groups is 3. The Morgan fingerprint density at radius 3 is 2.14 bits per heavy atom. The van der Waals surface area contributed by atoms with Crippen LogP contribution in [0.15, 0.2) is 83.0 Å². The van der Waals surface area contributed by atoms with Crippen LogP contribution in [0.3, 0.4) is 0 Å². The van der Waals surface area contributed by atoms with Crippen LogP contribution in [0.25, 0.3) is 10.9 Å². The molecule has 1 heterocycles. The summed E-state index contributed by atoms with van der Waals surface area (Å²) in [6.45, 7) is 3.58. The van der Waals surface area contributed by atoms with Crippen LogP contribution in [0.4, 0.5) is 17.1 Å². The van der Waals surface area contributed by atoms with Crippen molar-refractivity contribution in [1.29, 1.82) is 0 Å². The number of benzene rings is 3. The highest BCUT2D eigenvalue weighted by Crippen LogP contribution is 2.38. The van der Waals surface area contributed by atoms with Gasteiger partial charge in [0.2, 0.25) is 11.8 Å². The average molecular weight is 470 g/mol. The molecule has 35 heavy (non-hydrogen) atoms. The molecule has 0 aliphatic rings. The summed E-state index contributed by atoms with van der Waals surface area (Å²) in [4.78, 5) is 37.1. The van der Waals surface area contributed by atoms with Crippen LogP contribution >= 0.6 is 0 Å². The van der Waals surface area contributed by atoms with E-state index in [1.807, 2.05) is 38.1 Å². The number of aromatic nitrogens is 1. The van der Waals surface area contributed by atoms with Gasteiger partial charge in [-0.2, -0.15) is 0 Å². The summed E-state index contributed by atoms with van der Waals surface area (Å²) in [6.07, 6.45) is 0. The van der Waals surface area contributed by atoms with Crippen LogP contribution in [-0.4, -0.2) is 27.4 Å². The smallest absolute Gasteiger partial charge is 0.353 e. The third-order valence-corrected chi connectivity index (χ3v) is 5.23. The molecule has 0 saturated heterocycles. The molecule has 176 valence electrons. The van der Waals surface area contributed by atoms with Crippen molar-refractivity contribution in [2.45, 2.75) is 20.4 Å². The Morgan fingerprint density at radius 2 is 1.49 bits per heavy atom. The number of para-hydroxylation sites is 1. The molecule has 0 saturated carbocycles. The molecule has 0 radical (unpaired) electrons. The van der Waals surface area contributed by atoms with Crippen molar-refractivity contribution in [3.63, 3.8) is 0 Å². The Hall–Kier alpha value is -4.79. The van der Waals surface area contributed by atoms with Crippen LogP contribution in [0, 0.1) is 13.8 Å². The van der Waals surface area contributed by atoms with Crippen molar-refractivity contribution in [3.8, 4) is 5.88 Å². The van der Waals surface area contributed by atoms with Crippen LogP contribution in [-0.2, 0) is 20.9 Å². The second kappa shape index (κ2) is 10.0. The number of aryl methyl sites for hydroxylation is 2. The van der Waals surface area contributed by atoms with Crippen LogP contribution < -0.4 is 10.6 Å². The van der Waals surface area contributed by atoms with Gasteiger partial charge >= 0.3 is 11.8 Å². The van der Waals surface area contributed by atoms with Crippen molar-refractivity contribution in [2.75, 3.05) is 10.6 Å². The maximum absolute atomic E-state index is 12.6. The number of fused-ring (bicyclic) bond motifs is 1. The van der Waals surface area contributed by atoms with Gasteiger partial charge in [-0.05, 0) is 55.3 Å². The molecular formula is C26H23N5O4. The largest absolute Gasteiger partial charge is 0.493 e. The van der Waals surface area contributed by atoms with Crippen molar-refractivity contribution in [3.05, 3.63) is 83.9 Å². The SMILES string of the molecule is Cc1cccc(NC(=O)Cn2c(O)c(N=NC(=O)C(=O)Nc3cccc(C)c3)c3ccccc32)c1. The molecule has 0 bridgehead atoms. The summed E-state index contributed by atoms with van der Waals surface area (Å²) in [7, 11) is 0. The predicted octanol–water partition coefficient (Wildman–Crippen LogP) is 4.85. The maximum Gasteiger partial charge on any atom is 0.353 e. The lowest BCUT2D eigenvalue weighted by atomic mass is 10.2. The summed E-state index contributed by atoms with van der Waals surface area (Å²) >= 11 is 0. The lowest BCUT2D eigenvalue weighted by Gasteiger charge is -2.09. The molecule has 4 aromatic rings. The van der Waals surface area contributed by atoms with Crippen molar-refractivity contribution < 1.29 is 19.5 Å². The third-order valence-electron chi connectivity index (χ3n) is 5.23. The van der Waals surface area contributed by atoms with Crippen molar-refractivity contribution >= 4 is 45.7 Å². The molecule has 0 aliphatic heterocycles. The van der Waals surface area contributed by atoms with E-state index in [0.29, 0.717) is 22.3 Å². The van der Waals surface area contributed by atoms with E-state index in [1.54, 1.807) is 48.5 Å². The first-order valence-corrected chi connectivity index (χ1v) is 10.8. The second-order valence-corrected chi connectivity index (χ2v) is 8.02. The van der Waals surface area contributed by atoms with E-state index >= 15 is 0 Å². The highest BCUT2D eigenvalue weighted by atomic mass is 16.3. The van der Waals surface area contributed by atoms with Crippen LogP contribution in [0.1, 0.15) is 11.1 Å². The number of azo groups is 1. The molecule has 9 heteroatoms. The van der Waals surface area contributed by atoms with E-state index < -0.39 is 11.8 Å². The normalized spacial score (nSPS) is 11.0. The summed E-state index contributed by atoms with van der Waals surface area (Å²) in [5.74, 6) is -2.79. The Kier molecular flexibility index (Phi) is 6.68. The molecule has 0 spiro atoms. The zero-order chi connectivity index (χ0) is 24.9. The summed E-state index contributed by atoms with van der Waals surface area (Å²) < 4.78 is 1.37. The fourth-order valence-electron chi connectivity index (χ4n) is 3.65. The van der Waals surface area contributed by atoms with E-state index in [1.165, 1.54) is 4.57 Å². The molecule has 4 rings (SSSR count). The number of hydrogen-bond acceptors (Lipinski definition) is 5. The second-order valence-electron chi connectivity index (χ2n) is 8.02. The predicted molar refractivity (Wildman–Crippen MR) is 133 cm³/mol. The highest BCUT2D eigenvalue weighted by molar-refractivity contribution is 6.40. The standard InChI is InChI=1S/C26H23N5O4/c1-16-7-5-9-18(13-16)27-22(32)15-31-21-12-4-3-11-20(21)23(26(31)35)29-30-25(34)24(33)28-19-10-6-8-17(2)14-19/h3-14,35H,15H2,1-2H3,(H,27,32)(H,28,33). The lowest BCUT2D eigenvalue weighted by Crippen LogP contribution is -2.20. The minimum absolute atomic E-state index is 0.0133. The molecule has 9 nitrogen and oxygen atoms in total. The van der Waals surface area contributed by atoms with E-state index in [4.69, 9.17) is 0 Å². The lowest BCUT2D eigenvalue weighted by molar-refractivity contribution is -0.134. The van der Waals surface area contributed by atoms with Gasteiger partial charge in [-0.25, -0.2) is 0 Å². The molecule has 3 aromatic carbocycles.